The molecule has 1 fully saturated rings. The summed E-state index contributed by atoms with van der Waals surface area (Å²) in [5, 5.41) is 8.78. The van der Waals surface area contributed by atoms with E-state index >= 15 is 0 Å². The Morgan fingerprint density at radius 1 is 1.52 bits per heavy atom. The van der Waals surface area contributed by atoms with Gasteiger partial charge in [-0.05, 0) is 38.5 Å². The Hall–Kier alpha value is -1.15. The van der Waals surface area contributed by atoms with Crippen LogP contribution in [0.3, 0.4) is 0 Å². The number of halogens is 1. The second-order valence-electron chi connectivity index (χ2n) is 5.23. The maximum Gasteiger partial charge on any atom is 0.337 e. The predicted molar refractivity (Wildman–Crippen MR) is 77.2 cm³/mol. The van der Waals surface area contributed by atoms with Gasteiger partial charge >= 0.3 is 5.97 Å². The fourth-order valence-electron chi connectivity index (χ4n) is 2.17. The number of aromatic carboxylic acids is 1. The maximum absolute atomic E-state index is 12.4. The normalized spacial score (nSPS) is 26.0. The number of hydrogen-bond donors (Lipinski definition) is 2. The SMILES string of the molecule is CC1OCCC1(C)NS(=O)(=O)c1ccc(C(=O)O)c(Cl)c1. The standard InChI is InChI=1S/C13H16ClNO5S/c1-8-13(2,5-6-20-8)15-21(18,19)9-3-4-10(12(16)17)11(14)7-9/h3-4,7-8,15H,5-6H2,1-2H3,(H,16,17). The zero-order valence-corrected chi connectivity index (χ0v) is 13.2. The number of carbonyl (C=O) groups is 1. The van der Waals surface area contributed by atoms with Crippen molar-refractivity contribution in [3.63, 3.8) is 0 Å². The van der Waals surface area contributed by atoms with Crippen LogP contribution in [0.1, 0.15) is 30.6 Å². The summed E-state index contributed by atoms with van der Waals surface area (Å²) in [5.74, 6) is -1.21. The number of carboxylic acid groups (broad SMARTS) is 1. The molecule has 0 amide bonds. The van der Waals surface area contributed by atoms with E-state index in [9.17, 15) is 13.2 Å². The highest BCUT2D eigenvalue weighted by molar-refractivity contribution is 7.89. The molecule has 116 valence electrons. The van der Waals surface area contributed by atoms with E-state index in [1.54, 1.807) is 13.8 Å². The van der Waals surface area contributed by atoms with Gasteiger partial charge in [0.25, 0.3) is 0 Å². The number of nitrogens with one attached hydrogen (secondary N) is 1. The van der Waals surface area contributed by atoms with E-state index in [2.05, 4.69) is 4.72 Å². The van der Waals surface area contributed by atoms with E-state index in [-0.39, 0.29) is 21.6 Å². The van der Waals surface area contributed by atoms with Gasteiger partial charge in [0, 0.05) is 6.61 Å². The lowest BCUT2D eigenvalue weighted by Crippen LogP contribution is -2.50. The number of rotatable bonds is 4. The highest BCUT2D eigenvalue weighted by atomic mass is 35.5. The molecule has 1 aromatic rings. The third-order valence-corrected chi connectivity index (χ3v) is 5.66. The van der Waals surface area contributed by atoms with Crippen LogP contribution in [0, 0.1) is 0 Å². The number of benzene rings is 1. The number of ether oxygens (including phenoxy) is 1. The van der Waals surface area contributed by atoms with Crippen molar-refractivity contribution in [2.24, 2.45) is 0 Å². The molecule has 1 heterocycles. The Labute approximate surface area is 128 Å². The first-order valence-corrected chi connectivity index (χ1v) is 8.20. The molecule has 1 aromatic carbocycles. The minimum absolute atomic E-state index is 0.0715. The van der Waals surface area contributed by atoms with E-state index in [0.717, 1.165) is 6.07 Å². The minimum atomic E-state index is -3.81. The van der Waals surface area contributed by atoms with E-state index in [1.165, 1.54) is 12.1 Å². The van der Waals surface area contributed by atoms with Crippen LogP contribution >= 0.6 is 11.6 Å². The van der Waals surface area contributed by atoms with Gasteiger partial charge in [0.2, 0.25) is 10.0 Å². The van der Waals surface area contributed by atoms with Gasteiger partial charge in [0.1, 0.15) is 0 Å². The highest BCUT2D eigenvalue weighted by Crippen LogP contribution is 2.28. The highest BCUT2D eigenvalue weighted by Gasteiger charge is 2.40. The molecule has 21 heavy (non-hydrogen) atoms. The fourth-order valence-corrected chi connectivity index (χ4v) is 4.02. The Morgan fingerprint density at radius 2 is 2.19 bits per heavy atom. The molecule has 0 spiro atoms. The summed E-state index contributed by atoms with van der Waals surface area (Å²) in [5.41, 5.74) is -0.837. The molecule has 0 aromatic heterocycles. The van der Waals surface area contributed by atoms with Crippen LogP contribution in [0.4, 0.5) is 0 Å². The Balaban J connectivity index is 2.32. The molecular weight excluding hydrogens is 318 g/mol. The topological polar surface area (TPSA) is 92.7 Å². The summed E-state index contributed by atoms with van der Waals surface area (Å²) in [4.78, 5) is 10.8. The van der Waals surface area contributed by atoms with Gasteiger partial charge < -0.3 is 9.84 Å². The third-order valence-electron chi connectivity index (χ3n) is 3.74. The molecule has 8 heteroatoms. The van der Waals surface area contributed by atoms with Crippen LogP contribution in [-0.4, -0.2) is 37.7 Å². The number of sulfonamides is 1. The summed E-state index contributed by atoms with van der Waals surface area (Å²) in [7, 11) is -3.81. The van der Waals surface area contributed by atoms with Crippen molar-refractivity contribution in [2.75, 3.05) is 6.61 Å². The van der Waals surface area contributed by atoms with Crippen LogP contribution in [0.5, 0.6) is 0 Å². The molecule has 6 nitrogen and oxygen atoms in total. The molecule has 1 saturated heterocycles. The van der Waals surface area contributed by atoms with Gasteiger partial charge in [-0.15, -0.1) is 0 Å². The van der Waals surface area contributed by atoms with Gasteiger partial charge in [-0.3, -0.25) is 0 Å². The lowest BCUT2D eigenvalue weighted by atomic mass is 9.97. The first kappa shape index (κ1) is 16.2. The lowest BCUT2D eigenvalue weighted by molar-refractivity contribution is 0.0697. The van der Waals surface area contributed by atoms with Crippen LogP contribution < -0.4 is 4.72 Å². The molecule has 2 unspecified atom stereocenters. The van der Waals surface area contributed by atoms with Crippen LogP contribution in [-0.2, 0) is 14.8 Å². The van der Waals surface area contributed by atoms with Gasteiger partial charge in [-0.25, -0.2) is 17.9 Å². The summed E-state index contributed by atoms with van der Waals surface area (Å²) in [6.45, 7) is 4.06. The average molecular weight is 334 g/mol. The molecule has 2 atom stereocenters. The summed E-state index contributed by atoms with van der Waals surface area (Å²) >= 11 is 5.81. The first-order chi connectivity index (χ1) is 9.66. The molecule has 2 rings (SSSR count). The molecule has 1 aliphatic heterocycles. The summed E-state index contributed by atoms with van der Waals surface area (Å²) in [6, 6.07) is 3.54. The Kier molecular flexibility index (Phi) is 4.30. The monoisotopic (exact) mass is 333 g/mol. The van der Waals surface area contributed by atoms with E-state index in [4.69, 9.17) is 21.4 Å². The predicted octanol–water partition coefficient (Wildman–Crippen LogP) is 1.88. The lowest BCUT2D eigenvalue weighted by Gasteiger charge is -2.28. The zero-order valence-electron chi connectivity index (χ0n) is 11.6. The van der Waals surface area contributed by atoms with Crippen molar-refractivity contribution in [1.82, 2.24) is 4.72 Å². The fraction of sp³-hybridized carbons (Fsp3) is 0.462. The molecule has 0 saturated carbocycles. The Morgan fingerprint density at radius 3 is 2.67 bits per heavy atom. The number of carboxylic acids is 1. The molecule has 2 N–H and O–H groups in total. The summed E-state index contributed by atoms with van der Waals surface area (Å²) in [6.07, 6.45) is 0.315. The third kappa shape index (κ3) is 3.21. The second kappa shape index (κ2) is 5.57. The second-order valence-corrected chi connectivity index (χ2v) is 7.32. The minimum Gasteiger partial charge on any atom is -0.478 e. The maximum atomic E-state index is 12.4. The van der Waals surface area contributed by atoms with Crippen molar-refractivity contribution in [3.05, 3.63) is 28.8 Å². The van der Waals surface area contributed by atoms with Gasteiger partial charge in [0.05, 0.1) is 27.1 Å². The van der Waals surface area contributed by atoms with Crippen molar-refractivity contribution in [1.29, 1.82) is 0 Å². The van der Waals surface area contributed by atoms with E-state index in [1.807, 2.05) is 0 Å². The molecule has 0 aliphatic carbocycles. The van der Waals surface area contributed by atoms with Gasteiger partial charge in [-0.2, -0.15) is 0 Å². The largest absolute Gasteiger partial charge is 0.478 e. The van der Waals surface area contributed by atoms with Crippen molar-refractivity contribution < 1.29 is 23.1 Å². The molecule has 0 radical (unpaired) electrons. The van der Waals surface area contributed by atoms with Gasteiger partial charge in [-0.1, -0.05) is 11.6 Å². The van der Waals surface area contributed by atoms with Crippen LogP contribution in [0.2, 0.25) is 5.02 Å². The van der Waals surface area contributed by atoms with Crippen LogP contribution in [0.25, 0.3) is 0 Å². The molecular formula is C13H16ClNO5S. The Bertz CT molecular complexity index is 675. The molecule has 0 bridgehead atoms. The molecule has 1 aliphatic rings. The first-order valence-electron chi connectivity index (χ1n) is 6.34. The zero-order chi connectivity index (χ0) is 15.8. The van der Waals surface area contributed by atoms with Crippen molar-refractivity contribution in [2.45, 2.75) is 36.8 Å². The van der Waals surface area contributed by atoms with Crippen molar-refractivity contribution in [3.8, 4) is 0 Å². The van der Waals surface area contributed by atoms with E-state index in [0.29, 0.717) is 13.0 Å². The quantitative estimate of drug-likeness (QED) is 0.877. The van der Waals surface area contributed by atoms with Gasteiger partial charge in [0.15, 0.2) is 0 Å². The average Bonchev–Trinajstić information content (AvgIpc) is 2.67. The summed E-state index contributed by atoms with van der Waals surface area (Å²) < 4.78 is 32.8. The van der Waals surface area contributed by atoms with Crippen molar-refractivity contribution >= 4 is 27.6 Å². The smallest absolute Gasteiger partial charge is 0.337 e. The van der Waals surface area contributed by atoms with Crippen LogP contribution in [0.15, 0.2) is 23.1 Å². The van der Waals surface area contributed by atoms with E-state index < -0.39 is 21.5 Å². The number of hydrogen-bond acceptors (Lipinski definition) is 4.